The molecule has 1 aromatic carbocycles. The van der Waals surface area contributed by atoms with Gasteiger partial charge in [-0.1, -0.05) is 19.1 Å². The highest BCUT2D eigenvalue weighted by Gasteiger charge is 2.42. The molecule has 0 radical (unpaired) electrons. The van der Waals surface area contributed by atoms with Gasteiger partial charge in [0.05, 0.1) is 11.8 Å². The van der Waals surface area contributed by atoms with E-state index in [2.05, 4.69) is 0 Å². The second kappa shape index (κ2) is 7.09. The molecule has 1 aliphatic carbocycles. The Labute approximate surface area is 153 Å². The zero-order valence-electron chi connectivity index (χ0n) is 15.6. The van der Waals surface area contributed by atoms with Crippen molar-refractivity contribution in [3.05, 3.63) is 29.3 Å². The van der Waals surface area contributed by atoms with E-state index in [1.54, 1.807) is 16.7 Å². The number of carbonyl (C=O) groups excluding carboxylic acids is 2. The fraction of sp³-hybridized carbons (Fsp3) is 0.550. The van der Waals surface area contributed by atoms with Crippen LogP contribution in [-0.4, -0.2) is 46.9 Å². The van der Waals surface area contributed by atoms with Crippen LogP contribution in [-0.2, 0) is 14.4 Å². The van der Waals surface area contributed by atoms with Crippen LogP contribution >= 0.6 is 0 Å². The minimum absolute atomic E-state index is 0.0425. The van der Waals surface area contributed by atoms with E-state index in [0.29, 0.717) is 6.54 Å². The Morgan fingerprint density at radius 3 is 2.62 bits per heavy atom. The predicted molar refractivity (Wildman–Crippen MR) is 97.9 cm³/mol. The molecule has 6 heteroatoms. The molecule has 2 unspecified atom stereocenters. The van der Waals surface area contributed by atoms with Gasteiger partial charge in [0.2, 0.25) is 11.8 Å². The Kier molecular flexibility index (Phi) is 5.03. The maximum atomic E-state index is 13.0. The van der Waals surface area contributed by atoms with Gasteiger partial charge in [0.25, 0.3) is 0 Å². The second-order valence-corrected chi connectivity index (χ2v) is 7.59. The van der Waals surface area contributed by atoms with Crippen molar-refractivity contribution in [1.82, 2.24) is 4.90 Å². The number of amides is 2. The van der Waals surface area contributed by atoms with Crippen LogP contribution in [0.25, 0.3) is 0 Å². The molecule has 26 heavy (non-hydrogen) atoms. The van der Waals surface area contributed by atoms with Crippen LogP contribution in [0.5, 0.6) is 0 Å². The Hall–Kier alpha value is -2.37. The number of carboxylic acid groups (broad SMARTS) is 1. The lowest BCUT2D eigenvalue weighted by atomic mass is 10.0. The quantitative estimate of drug-likeness (QED) is 0.847. The highest BCUT2D eigenvalue weighted by molar-refractivity contribution is 6.01. The molecule has 1 aromatic rings. The molecule has 1 heterocycles. The fourth-order valence-electron chi connectivity index (χ4n) is 3.55. The first kappa shape index (κ1) is 18.4. The van der Waals surface area contributed by atoms with Crippen LogP contribution in [0.15, 0.2) is 18.2 Å². The summed E-state index contributed by atoms with van der Waals surface area (Å²) in [5.74, 6) is -2.03. The number of hydrogen-bond donors (Lipinski definition) is 1. The number of benzene rings is 1. The Morgan fingerprint density at radius 2 is 2.00 bits per heavy atom. The standard InChI is InChI=1S/C20H26N2O4/c1-12-5-4-6-17(14(12)3)22-11-15(9-18(22)23)19(24)21(16-7-8-16)10-13(2)20(25)26/h4-6,13,15-16H,7-11H2,1-3H3,(H,25,26). The molecule has 1 aliphatic heterocycles. The van der Waals surface area contributed by atoms with Gasteiger partial charge in [0.1, 0.15) is 0 Å². The summed E-state index contributed by atoms with van der Waals surface area (Å²) in [7, 11) is 0. The lowest BCUT2D eigenvalue weighted by Crippen LogP contribution is -2.42. The van der Waals surface area contributed by atoms with Crippen molar-refractivity contribution in [3.63, 3.8) is 0 Å². The molecule has 6 nitrogen and oxygen atoms in total. The average molecular weight is 358 g/mol. The number of hydrogen-bond acceptors (Lipinski definition) is 3. The first-order valence-corrected chi connectivity index (χ1v) is 9.19. The van der Waals surface area contributed by atoms with Crippen molar-refractivity contribution in [2.24, 2.45) is 11.8 Å². The maximum absolute atomic E-state index is 13.0. The number of carboxylic acids is 1. The smallest absolute Gasteiger partial charge is 0.308 e. The summed E-state index contributed by atoms with van der Waals surface area (Å²) in [6, 6.07) is 5.97. The summed E-state index contributed by atoms with van der Waals surface area (Å²) in [6.45, 7) is 6.19. The van der Waals surface area contributed by atoms with E-state index in [1.165, 1.54) is 0 Å². The van der Waals surface area contributed by atoms with Crippen molar-refractivity contribution < 1.29 is 19.5 Å². The van der Waals surface area contributed by atoms with Gasteiger partial charge < -0.3 is 14.9 Å². The first-order chi connectivity index (χ1) is 12.3. The summed E-state index contributed by atoms with van der Waals surface area (Å²) in [6.07, 6.45) is 2.02. The third-order valence-electron chi connectivity index (χ3n) is 5.50. The van der Waals surface area contributed by atoms with Crippen LogP contribution in [0, 0.1) is 25.7 Å². The van der Waals surface area contributed by atoms with Gasteiger partial charge in [-0.2, -0.15) is 0 Å². The highest BCUT2D eigenvalue weighted by Crippen LogP contribution is 2.33. The van der Waals surface area contributed by atoms with E-state index < -0.39 is 17.8 Å². The van der Waals surface area contributed by atoms with Crippen LogP contribution in [0.1, 0.15) is 37.3 Å². The summed E-state index contributed by atoms with van der Waals surface area (Å²) in [4.78, 5) is 40.1. The topological polar surface area (TPSA) is 77.9 Å². The number of anilines is 1. The molecule has 1 saturated heterocycles. The van der Waals surface area contributed by atoms with Gasteiger partial charge in [-0.15, -0.1) is 0 Å². The molecular weight excluding hydrogens is 332 g/mol. The van der Waals surface area contributed by atoms with Gasteiger partial charge in [-0.05, 0) is 43.9 Å². The van der Waals surface area contributed by atoms with Crippen LogP contribution in [0.2, 0.25) is 0 Å². The number of aliphatic carboxylic acids is 1. The molecule has 0 bridgehead atoms. The molecule has 1 N–H and O–H groups in total. The maximum Gasteiger partial charge on any atom is 0.308 e. The molecule has 140 valence electrons. The molecule has 2 amide bonds. The normalized spacial score (nSPS) is 21.0. The Bertz CT molecular complexity index is 741. The number of carbonyl (C=O) groups is 3. The van der Waals surface area contributed by atoms with Crippen molar-refractivity contribution in [2.75, 3.05) is 18.0 Å². The first-order valence-electron chi connectivity index (χ1n) is 9.19. The number of rotatable bonds is 6. The summed E-state index contributed by atoms with van der Waals surface area (Å²) in [5, 5.41) is 9.17. The van der Waals surface area contributed by atoms with E-state index in [-0.39, 0.29) is 30.8 Å². The molecule has 1 saturated carbocycles. The zero-order valence-corrected chi connectivity index (χ0v) is 15.6. The van der Waals surface area contributed by atoms with E-state index in [1.807, 2.05) is 32.0 Å². The zero-order chi connectivity index (χ0) is 19.0. The van der Waals surface area contributed by atoms with E-state index >= 15 is 0 Å². The van der Waals surface area contributed by atoms with Gasteiger partial charge in [0.15, 0.2) is 0 Å². The largest absolute Gasteiger partial charge is 0.481 e. The molecule has 2 fully saturated rings. The molecule has 0 spiro atoms. The van der Waals surface area contributed by atoms with E-state index in [4.69, 9.17) is 5.11 Å². The fourth-order valence-corrected chi connectivity index (χ4v) is 3.55. The van der Waals surface area contributed by atoms with Gasteiger partial charge >= 0.3 is 5.97 Å². The molecule has 0 aromatic heterocycles. The van der Waals surface area contributed by atoms with Gasteiger partial charge in [-0.25, -0.2) is 0 Å². The minimum atomic E-state index is -0.900. The van der Waals surface area contributed by atoms with Crippen molar-refractivity contribution in [1.29, 1.82) is 0 Å². The van der Waals surface area contributed by atoms with Crippen LogP contribution in [0.3, 0.4) is 0 Å². The number of aryl methyl sites for hydroxylation is 1. The highest BCUT2D eigenvalue weighted by atomic mass is 16.4. The van der Waals surface area contributed by atoms with Crippen molar-refractivity contribution >= 4 is 23.5 Å². The monoisotopic (exact) mass is 358 g/mol. The Balaban J connectivity index is 1.75. The van der Waals surface area contributed by atoms with Crippen LogP contribution < -0.4 is 4.90 Å². The summed E-state index contributed by atoms with van der Waals surface area (Å²) >= 11 is 0. The Morgan fingerprint density at radius 1 is 1.31 bits per heavy atom. The number of nitrogens with zero attached hydrogens (tertiary/aromatic N) is 2. The van der Waals surface area contributed by atoms with E-state index in [0.717, 1.165) is 29.7 Å². The molecule has 3 rings (SSSR count). The molecule has 2 atom stereocenters. The molecular formula is C20H26N2O4. The predicted octanol–water partition coefficient (Wildman–Crippen LogP) is 2.37. The van der Waals surface area contributed by atoms with Crippen molar-refractivity contribution in [3.8, 4) is 0 Å². The third kappa shape index (κ3) is 3.59. The lowest BCUT2D eigenvalue weighted by molar-refractivity contribution is -0.144. The summed E-state index contributed by atoms with van der Waals surface area (Å²) in [5.41, 5.74) is 3.02. The minimum Gasteiger partial charge on any atom is -0.481 e. The molecule has 2 aliphatic rings. The lowest BCUT2D eigenvalue weighted by Gasteiger charge is -2.27. The SMILES string of the molecule is Cc1cccc(N2CC(C(=O)N(CC(C)C(=O)O)C3CC3)CC2=O)c1C. The van der Waals surface area contributed by atoms with Crippen LogP contribution in [0.4, 0.5) is 5.69 Å². The van der Waals surface area contributed by atoms with Gasteiger partial charge in [-0.3, -0.25) is 14.4 Å². The second-order valence-electron chi connectivity index (χ2n) is 7.59. The third-order valence-corrected chi connectivity index (χ3v) is 5.50. The van der Waals surface area contributed by atoms with Crippen molar-refractivity contribution in [2.45, 2.75) is 46.1 Å². The summed E-state index contributed by atoms with van der Waals surface area (Å²) < 4.78 is 0. The average Bonchev–Trinajstić information content (AvgIpc) is 3.36. The van der Waals surface area contributed by atoms with E-state index in [9.17, 15) is 14.4 Å². The van der Waals surface area contributed by atoms with Gasteiger partial charge in [0, 0.05) is 31.2 Å².